The maximum absolute atomic E-state index is 14.2. The minimum Gasteiger partial charge on any atom is -0.476 e. The number of hydrogen-bond acceptors (Lipinski definition) is 7. The summed E-state index contributed by atoms with van der Waals surface area (Å²) in [6, 6.07) is 13.6. The average Bonchev–Trinajstić information content (AvgIpc) is 2.72. The molecule has 0 saturated heterocycles. The monoisotopic (exact) mass is 406 g/mol. The number of ether oxygens (including phenoxy) is 1. The van der Waals surface area contributed by atoms with Crippen LogP contribution in [0.5, 0.6) is 5.75 Å². The molecule has 2 aromatic carbocycles. The first-order valence-electron chi connectivity index (χ1n) is 8.99. The molecule has 152 valence electrons. The topological polar surface area (TPSA) is 126 Å². The molecule has 0 radical (unpaired) electrons. The molecule has 1 atom stereocenters. The van der Waals surface area contributed by atoms with Crippen molar-refractivity contribution in [1.82, 2.24) is 9.97 Å². The highest BCUT2D eigenvalue weighted by atomic mass is 19.1. The van der Waals surface area contributed by atoms with Gasteiger partial charge in [0.15, 0.2) is 17.7 Å². The normalized spacial score (nSPS) is 11.3. The summed E-state index contributed by atoms with van der Waals surface area (Å²) in [7, 11) is 0. The molecule has 8 nitrogen and oxygen atoms in total. The van der Waals surface area contributed by atoms with Crippen LogP contribution in [-0.2, 0) is 0 Å². The SMILES string of the molecule is Cc1cc(Nc2nc(Nc3cccc(C(N)=O)c3)ncc2F)ccc1OC(C)C#N. The summed E-state index contributed by atoms with van der Waals surface area (Å²) < 4.78 is 19.7. The summed E-state index contributed by atoms with van der Waals surface area (Å²) in [6.07, 6.45) is 0.456. The molecule has 0 aliphatic heterocycles. The Morgan fingerprint density at radius 1 is 1.23 bits per heavy atom. The van der Waals surface area contributed by atoms with E-state index in [2.05, 4.69) is 20.6 Å². The van der Waals surface area contributed by atoms with Gasteiger partial charge < -0.3 is 21.1 Å². The van der Waals surface area contributed by atoms with E-state index < -0.39 is 17.8 Å². The van der Waals surface area contributed by atoms with E-state index in [0.717, 1.165) is 11.8 Å². The standard InChI is InChI=1S/C21H19FN6O2/c1-12-8-16(6-7-18(12)30-13(2)10-23)26-20-17(22)11-25-21(28-20)27-15-5-3-4-14(9-15)19(24)29/h3-9,11,13H,1-2H3,(H2,24,29)(H2,25,26,27,28). The van der Waals surface area contributed by atoms with Gasteiger partial charge in [0.2, 0.25) is 11.9 Å². The van der Waals surface area contributed by atoms with Crippen LogP contribution in [0.25, 0.3) is 0 Å². The highest BCUT2D eigenvalue weighted by Crippen LogP contribution is 2.26. The number of amides is 1. The molecule has 0 bridgehead atoms. The number of halogens is 1. The molecule has 1 heterocycles. The van der Waals surface area contributed by atoms with Crippen molar-refractivity contribution in [2.75, 3.05) is 10.6 Å². The third kappa shape index (κ3) is 4.99. The molecule has 0 saturated carbocycles. The van der Waals surface area contributed by atoms with Crippen LogP contribution in [-0.4, -0.2) is 22.0 Å². The lowest BCUT2D eigenvalue weighted by Crippen LogP contribution is -2.11. The first-order valence-corrected chi connectivity index (χ1v) is 8.99. The fourth-order valence-corrected chi connectivity index (χ4v) is 2.61. The van der Waals surface area contributed by atoms with Gasteiger partial charge in [-0.2, -0.15) is 10.2 Å². The highest BCUT2D eigenvalue weighted by molar-refractivity contribution is 5.93. The number of nitrogens with two attached hydrogens (primary N) is 1. The van der Waals surface area contributed by atoms with E-state index in [9.17, 15) is 9.18 Å². The number of aromatic nitrogens is 2. The number of carbonyl (C=O) groups excluding carboxylic acids is 1. The van der Waals surface area contributed by atoms with Gasteiger partial charge in [0.25, 0.3) is 0 Å². The second-order valence-electron chi connectivity index (χ2n) is 6.45. The van der Waals surface area contributed by atoms with Gasteiger partial charge in [-0.3, -0.25) is 4.79 Å². The molecular weight excluding hydrogens is 387 g/mol. The largest absolute Gasteiger partial charge is 0.476 e. The number of anilines is 4. The summed E-state index contributed by atoms with van der Waals surface area (Å²) in [5.41, 5.74) is 7.50. The summed E-state index contributed by atoms with van der Waals surface area (Å²) >= 11 is 0. The molecule has 4 N–H and O–H groups in total. The van der Waals surface area contributed by atoms with E-state index in [4.69, 9.17) is 15.7 Å². The second kappa shape index (κ2) is 8.87. The van der Waals surface area contributed by atoms with Crippen molar-refractivity contribution in [3.05, 3.63) is 65.6 Å². The third-order valence-electron chi connectivity index (χ3n) is 4.07. The molecule has 1 unspecified atom stereocenters. The fourth-order valence-electron chi connectivity index (χ4n) is 2.61. The lowest BCUT2D eigenvalue weighted by molar-refractivity contribution is 0.100. The van der Waals surface area contributed by atoms with E-state index in [1.165, 1.54) is 0 Å². The molecular formula is C21H19FN6O2. The van der Waals surface area contributed by atoms with Crippen LogP contribution in [0.2, 0.25) is 0 Å². The molecule has 0 spiro atoms. The Balaban J connectivity index is 1.79. The zero-order chi connectivity index (χ0) is 21.7. The van der Waals surface area contributed by atoms with Crippen LogP contribution in [0.4, 0.5) is 27.5 Å². The number of primary amides is 1. The van der Waals surface area contributed by atoms with Crippen molar-refractivity contribution in [3.8, 4) is 11.8 Å². The van der Waals surface area contributed by atoms with Gasteiger partial charge >= 0.3 is 0 Å². The van der Waals surface area contributed by atoms with Gasteiger partial charge in [0.1, 0.15) is 11.8 Å². The molecule has 30 heavy (non-hydrogen) atoms. The molecule has 3 aromatic rings. The van der Waals surface area contributed by atoms with Crippen molar-refractivity contribution in [2.45, 2.75) is 20.0 Å². The predicted octanol–water partition coefficient (Wildman–Crippen LogP) is 3.80. The first-order chi connectivity index (χ1) is 14.4. The Labute approximate surface area is 172 Å². The van der Waals surface area contributed by atoms with Crippen LogP contribution in [0.3, 0.4) is 0 Å². The maximum atomic E-state index is 14.2. The Bertz CT molecular complexity index is 1130. The quantitative estimate of drug-likeness (QED) is 0.545. The van der Waals surface area contributed by atoms with Crippen molar-refractivity contribution in [2.24, 2.45) is 5.73 Å². The third-order valence-corrected chi connectivity index (χ3v) is 4.07. The fraction of sp³-hybridized carbons (Fsp3) is 0.143. The smallest absolute Gasteiger partial charge is 0.248 e. The lowest BCUT2D eigenvalue weighted by Gasteiger charge is -2.13. The van der Waals surface area contributed by atoms with E-state index in [1.807, 2.05) is 13.0 Å². The Hall–Kier alpha value is -4.19. The van der Waals surface area contributed by atoms with Crippen molar-refractivity contribution < 1.29 is 13.9 Å². The zero-order valence-electron chi connectivity index (χ0n) is 16.3. The van der Waals surface area contributed by atoms with Crippen LogP contribution in [0.1, 0.15) is 22.8 Å². The van der Waals surface area contributed by atoms with E-state index in [0.29, 0.717) is 22.7 Å². The van der Waals surface area contributed by atoms with Crippen LogP contribution < -0.4 is 21.1 Å². The second-order valence-corrected chi connectivity index (χ2v) is 6.45. The van der Waals surface area contributed by atoms with Gasteiger partial charge in [-0.25, -0.2) is 9.37 Å². The van der Waals surface area contributed by atoms with Crippen LogP contribution in [0, 0.1) is 24.1 Å². The summed E-state index contributed by atoms with van der Waals surface area (Å²) in [4.78, 5) is 19.4. The number of aryl methyl sites for hydroxylation is 1. The van der Waals surface area contributed by atoms with Crippen LogP contribution in [0.15, 0.2) is 48.7 Å². The van der Waals surface area contributed by atoms with Crippen LogP contribution >= 0.6 is 0 Å². The maximum Gasteiger partial charge on any atom is 0.248 e. The lowest BCUT2D eigenvalue weighted by atomic mass is 10.2. The number of nitrogens with zero attached hydrogens (tertiary/aromatic N) is 3. The number of carbonyl (C=O) groups is 1. The van der Waals surface area contributed by atoms with Gasteiger partial charge in [-0.15, -0.1) is 0 Å². The summed E-state index contributed by atoms with van der Waals surface area (Å²) in [5, 5.41) is 14.7. The Kier molecular flexibility index (Phi) is 6.08. The minimum atomic E-state index is -0.637. The number of benzene rings is 2. The van der Waals surface area contributed by atoms with E-state index in [-0.39, 0.29) is 11.8 Å². The predicted molar refractivity (Wildman–Crippen MR) is 110 cm³/mol. The van der Waals surface area contributed by atoms with Gasteiger partial charge in [-0.1, -0.05) is 6.07 Å². The zero-order valence-corrected chi connectivity index (χ0v) is 16.3. The Morgan fingerprint density at radius 3 is 2.70 bits per heavy atom. The molecule has 0 fully saturated rings. The number of nitrogens with one attached hydrogen (secondary N) is 2. The number of rotatable bonds is 7. The highest BCUT2D eigenvalue weighted by Gasteiger charge is 2.11. The van der Waals surface area contributed by atoms with Gasteiger partial charge in [0.05, 0.1) is 6.20 Å². The first kappa shape index (κ1) is 20.5. The molecule has 3 rings (SSSR count). The number of nitriles is 1. The van der Waals surface area contributed by atoms with Gasteiger partial charge in [0, 0.05) is 16.9 Å². The number of hydrogen-bond donors (Lipinski definition) is 3. The summed E-state index contributed by atoms with van der Waals surface area (Å²) in [5.74, 6) is -0.526. The Morgan fingerprint density at radius 2 is 2.00 bits per heavy atom. The van der Waals surface area contributed by atoms with Crippen molar-refractivity contribution in [3.63, 3.8) is 0 Å². The van der Waals surface area contributed by atoms with E-state index in [1.54, 1.807) is 49.4 Å². The molecule has 0 aliphatic rings. The van der Waals surface area contributed by atoms with Crippen molar-refractivity contribution in [1.29, 1.82) is 5.26 Å². The molecule has 1 aromatic heterocycles. The minimum absolute atomic E-state index is 0.0305. The van der Waals surface area contributed by atoms with Gasteiger partial charge in [-0.05, 0) is 55.8 Å². The molecule has 0 aliphatic carbocycles. The molecule has 9 heteroatoms. The van der Waals surface area contributed by atoms with Crippen molar-refractivity contribution >= 4 is 29.0 Å². The molecule has 1 amide bonds. The average molecular weight is 406 g/mol. The summed E-state index contributed by atoms with van der Waals surface area (Å²) in [6.45, 7) is 3.47. The van der Waals surface area contributed by atoms with E-state index >= 15 is 0 Å².